The molecule has 0 fully saturated rings. The van der Waals surface area contributed by atoms with Crippen molar-refractivity contribution in [2.45, 2.75) is 122 Å². The van der Waals surface area contributed by atoms with E-state index in [1.54, 1.807) is 0 Å². The first-order chi connectivity index (χ1) is 12.4. The van der Waals surface area contributed by atoms with Crippen LogP contribution in [-0.2, 0) is 0 Å². The van der Waals surface area contributed by atoms with Crippen LogP contribution in [0.1, 0.15) is 122 Å². The smallest absolute Gasteiger partial charge is 0.0351 e. The quantitative estimate of drug-likeness (QED) is 0.152. The first-order valence-corrected chi connectivity index (χ1v) is 11.3. The van der Waals surface area contributed by atoms with Gasteiger partial charge in [-0.05, 0) is 64.2 Å². The average molecular weight is 347 g/mol. The summed E-state index contributed by atoms with van der Waals surface area (Å²) in [6.07, 6.45) is 35.9. The van der Waals surface area contributed by atoms with Gasteiger partial charge in [0.25, 0.3) is 0 Å². The van der Waals surface area contributed by atoms with Gasteiger partial charge in [-0.15, -0.1) is 6.58 Å². The van der Waals surface area contributed by atoms with E-state index in [9.17, 15) is 0 Å². The molecular formula is C25H46. The lowest BCUT2D eigenvalue weighted by molar-refractivity contribution is 0.592. The molecule has 0 unspecified atom stereocenters. The molecule has 0 aliphatic heterocycles. The molecule has 0 aromatic carbocycles. The van der Waals surface area contributed by atoms with Crippen LogP contribution in [0.15, 0.2) is 37.0 Å². The second kappa shape index (κ2) is 23.2. The third-order valence-corrected chi connectivity index (χ3v) is 4.83. The van der Waals surface area contributed by atoms with Crippen molar-refractivity contribution in [3.8, 4) is 0 Å². The Balaban J connectivity index is 3.14. The maximum atomic E-state index is 3.77. The molecule has 0 nitrogen and oxygen atoms in total. The van der Waals surface area contributed by atoms with E-state index in [1.807, 2.05) is 6.08 Å². The highest BCUT2D eigenvalue weighted by Gasteiger charge is 1.90. The Morgan fingerprint density at radius 2 is 0.760 bits per heavy atom. The molecule has 0 aliphatic carbocycles. The third kappa shape index (κ3) is 23.2. The van der Waals surface area contributed by atoms with E-state index in [0.29, 0.717) is 0 Å². The number of hydrogen-bond acceptors (Lipinski definition) is 0. The van der Waals surface area contributed by atoms with Gasteiger partial charge in [0.2, 0.25) is 0 Å². The van der Waals surface area contributed by atoms with Crippen LogP contribution in [0.3, 0.4) is 0 Å². The number of hydrogen-bond donors (Lipinski definition) is 0. The molecule has 0 aromatic rings. The first-order valence-electron chi connectivity index (χ1n) is 11.3. The maximum Gasteiger partial charge on any atom is -0.0351 e. The molecule has 0 amide bonds. The third-order valence-electron chi connectivity index (χ3n) is 4.83. The molecule has 0 saturated carbocycles. The van der Waals surface area contributed by atoms with E-state index in [1.165, 1.54) is 116 Å². The number of allylic oxidation sites excluding steroid dienone is 5. The van der Waals surface area contributed by atoms with E-state index in [4.69, 9.17) is 0 Å². The van der Waals surface area contributed by atoms with E-state index in [2.05, 4.69) is 37.8 Å². The van der Waals surface area contributed by atoms with Crippen molar-refractivity contribution in [1.29, 1.82) is 0 Å². The van der Waals surface area contributed by atoms with Crippen LogP contribution in [0, 0.1) is 0 Å². The molecule has 0 atom stereocenters. The van der Waals surface area contributed by atoms with E-state index < -0.39 is 0 Å². The molecule has 0 spiro atoms. The summed E-state index contributed by atoms with van der Waals surface area (Å²) in [5, 5.41) is 0. The fourth-order valence-corrected chi connectivity index (χ4v) is 3.12. The summed E-state index contributed by atoms with van der Waals surface area (Å²) in [5.74, 6) is 0. The summed E-state index contributed by atoms with van der Waals surface area (Å²) in [6.45, 7) is 6.05. The van der Waals surface area contributed by atoms with Crippen molar-refractivity contribution in [1.82, 2.24) is 0 Å². The Morgan fingerprint density at radius 3 is 1.16 bits per heavy atom. The molecule has 25 heavy (non-hydrogen) atoms. The van der Waals surface area contributed by atoms with Crippen LogP contribution in [0.25, 0.3) is 0 Å². The van der Waals surface area contributed by atoms with E-state index >= 15 is 0 Å². The normalized spacial score (nSPS) is 11.7. The highest BCUT2D eigenvalue weighted by molar-refractivity contribution is 4.84. The lowest BCUT2D eigenvalue weighted by Crippen LogP contribution is -1.79. The van der Waals surface area contributed by atoms with Crippen LogP contribution >= 0.6 is 0 Å². The van der Waals surface area contributed by atoms with Gasteiger partial charge in [-0.1, -0.05) is 88.7 Å². The molecule has 0 saturated heterocycles. The Hall–Kier alpha value is -0.780. The Kier molecular flexibility index (Phi) is 22.5. The van der Waals surface area contributed by atoms with Crippen LogP contribution in [0.2, 0.25) is 0 Å². The largest absolute Gasteiger partial charge is 0.103 e. The highest BCUT2D eigenvalue weighted by Crippen LogP contribution is 2.10. The molecular weight excluding hydrogens is 300 g/mol. The summed E-state index contributed by atoms with van der Waals surface area (Å²) in [7, 11) is 0. The molecule has 0 rings (SSSR count). The maximum absolute atomic E-state index is 3.77. The lowest BCUT2D eigenvalue weighted by Gasteiger charge is -1.99. The van der Waals surface area contributed by atoms with Crippen molar-refractivity contribution in [3.05, 3.63) is 37.0 Å². The van der Waals surface area contributed by atoms with Gasteiger partial charge >= 0.3 is 0 Å². The van der Waals surface area contributed by atoms with Gasteiger partial charge < -0.3 is 0 Å². The van der Waals surface area contributed by atoms with Gasteiger partial charge in [-0.2, -0.15) is 0 Å². The van der Waals surface area contributed by atoms with Gasteiger partial charge in [-0.3, -0.25) is 0 Å². The summed E-state index contributed by atoms with van der Waals surface area (Å²) in [6, 6.07) is 0. The minimum atomic E-state index is 1.18. The zero-order valence-electron chi connectivity index (χ0n) is 17.3. The topological polar surface area (TPSA) is 0 Å². The molecule has 0 bridgehead atoms. The fourth-order valence-electron chi connectivity index (χ4n) is 3.12. The van der Waals surface area contributed by atoms with Gasteiger partial charge in [0.15, 0.2) is 0 Å². The molecule has 0 N–H and O–H groups in total. The van der Waals surface area contributed by atoms with Crippen molar-refractivity contribution >= 4 is 0 Å². The summed E-state index contributed by atoms with van der Waals surface area (Å²) >= 11 is 0. The minimum Gasteiger partial charge on any atom is -0.103 e. The molecule has 0 heteroatoms. The monoisotopic (exact) mass is 346 g/mol. The second-order valence-electron chi connectivity index (χ2n) is 7.42. The zero-order valence-corrected chi connectivity index (χ0v) is 17.3. The van der Waals surface area contributed by atoms with Crippen molar-refractivity contribution in [2.24, 2.45) is 0 Å². The van der Waals surface area contributed by atoms with Gasteiger partial charge in [0, 0.05) is 0 Å². The van der Waals surface area contributed by atoms with Crippen LogP contribution in [0.4, 0.5) is 0 Å². The highest BCUT2D eigenvalue weighted by atomic mass is 14.0. The lowest BCUT2D eigenvalue weighted by atomic mass is 10.1. The number of rotatable bonds is 20. The Bertz CT molecular complexity index is 297. The minimum absolute atomic E-state index is 1.18. The molecule has 0 radical (unpaired) electrons. The van der Waals surface area contributed by atoms with Crippen LogP contribution < -0.4 is 0 Å². The van der Waals surface area contributed by atoms with Crippen molar-refractivity contribution < 1.29 is 0 Å². The Labute approximate surface area is 159 Å². The van der Waals surface area contributed by atoms with Gasteiger partial charge in [-0.25, -0.2) is 0 Å². The molecule has 0 aromatic heterocycles. The zero-order chi connectivity index (χ0) is 18.3. The summed E-state index contributed by atoms with van der Waals surface area (Å²) in [4.78, 5) is 0. The molecule has 0 heterocycles. The van der Waals surface area contributed by atoms with E-state index in [-0.39, 0.29) is 0 Å². The summed E-state index contributed by atoms with van der Waals surface area (Å²) < 4.78 is 0. The summed E-state index contributed by atoms with van der Waals surface area (Å²) in [5.41, 5.74) is 0. The van der Waals surface area contributed by atoms with Crippen LogP contribution in [0.5, 0.6) is 0 Å². The second-order valence-corrected chi connectivity index (χ2v) is 7.42. The van der Waals surface area contributed by atoms with E-state index in [0.717, 1.165) is 0 Å². The Morgan fingerprint density at radius 1 is 0.440 bits per heavy atom. The fraction of sp³-hybridized carbons (Fsp3) is 0.760. The predicted octanol–water partition coefficient (Wildman–Crippen LogP) is 9.33. The number of unbranched alkanes of at least 4 members (excludes halogenated alkanes) is 15. The van der Waals surface area contributed by atoms with Crippen molar-refractivity contribution in [3.63, 3.8) is 0 Å². The molecule has 0 aliphatic rings. The first kappa shape index (κ1) is 24.2. The predicted molar refractivity (Wildman–Crippen MR) is 117 cm³/mol. The molecule has 146 valence electrons. The van der Waals surface area contributed by atoms with Crippen molar-refractivity contribution in [2.75, 3.05) is 0 Å². The average Bonchev–Trinajstić information content (AvgIpc) is 2.63. The van der Waals surface area contributed by atoms with Gasteiger partial charge in [0.05, 0.1) is 0 Å². The SMILES string of the molecule is C=CCCCCCC/C=C\CCCC/C=C\CCCCCCCCC. The van der Waals surface area contributed by atoms with Crippen LogP contribution in [-0.4, -0.2) is 0 Å². The van der Waals surface area contributed by atoms with Gasteiger partial charge in [0.1, 0.15) is 0 Å². The standard InChI is InChI=1S/C25H46/c1-3-5-7-9-11-13-15-17-19-21-23-25-24-22-20-18-16-14-12-10-8-6-4-2/h3,17,19-20,22H,1,4-16,18,21,23-25H2,2H3/b19-17-,22-20-.